The van der Waals surface area contributed by atoms with Crippen molar-refractivity contribution in [3.8, 4) is 0 Å². The number of amides is 1. The van der Waals surface area contributed by atoms with Crippen LogP contribution in [0.5, 0.6) is 0 Å². The maximum atomic E-state index is 11.8. The van der Waals surface area contributed by atoms with Crippen molar-refractivity contribution in [2.45, 2.75) is 37.9 Å². The Kier molecular flexibility index (Phi) is 5.16. The molecule has 0 aromatic heterocycles. The summed E-state index contributed by atoms with van der Waals surface area (Å²) in [5, 5.41) is 11.6. The van der Waals surface area contributed by atoms with Gasteiger partial charge in [0.05, 0.1) is 6.10 Å². The third kappa shape index (κ3) is 4.75. The molecule has 2 rings (SSSR count). The van der Waals surface area contributed by atoms with Crippen molar-refractivity contribution in [1.29, 1.82) is 0 Å². The molecule has 0 aliphatic carbocycles. The van der Waals surface area contributed by atoms with Crippen LogP contribution in [0.25, 0.3) is 0 Å². The zero-order valence-electron chi connectivity index (χ0n) is 11.7. The van der Waals surface area contributed by atoms with Gasteiger partial charge in [0.2, 0.25) is 5.91 Å². The number of nitrogen functional groups attached to an aromatic ring is 1. The van der Waals surface area contributed by atoms with Gasteiger partial charge >= 0.3 is 5.97 Å². The molecular weight excluding hydrogens is 272 g/mol. The van der Waals surface area contributed by atoms with Crippen molar-refractivity contribution in [2.24, 2.45) is 0 Å². The standard InChI is InChI=1S/C15H20N2O4/c16-11-3-1-2-10(8-11)4-7-14(18)17-9-12-5-6-13(21-12)15(19)20/h1-3,8,12-13H,4-7,9,16H2,(H,17,18)(H,19,20). The van der Waals surface area contributed by atoms with Crippen LogP contribution in [0.1, 0.15) is 24.8 Å². The average Bonchev–Trinajstić information content (AvgIpc) is 2.92. The second-order valence-electron chi connectivity index (χ2n) is 5.21. The number of hydrogen-bond acceptors (Lipinski definition) is 4. The summed E-state index contributed by atoms with van der Waals surface area (Å²) in [4.78, 5) is 22.5. The smallest absolute Gasteiger partial charge is 0.332 e. The van der Waals surface area contributed by atoms with Crippen LogP contribution in [0.3, 0.4) is 0 Å². The second-order valence-corrected chi connectivity index (χ2v) is 5.21. The van der Waals surface area contributed by atoms with Crippen LogP contribution < -0.4 is 11.1 Å². The number of carbonyl (C=O) groups excluding carboxylic acids is 1. The summed E-state index contributed by atoms with van der Waals surface area (Å²) in [6, 6.07) is 7.45. The molecule has 1 aliphatic heterocycles. The molecular formula is C15H20N2O4. The molecule has 1 amide bonds. The maximum absolute atomic E-state index is 11.8. The van der Waals surface area contributed by atoms with Crippen molar-refractivity contribution in [2.75, 3.05) is 12.3 Å². The monoisotopic (exact) mass is 292 g/mol. The summed E-state index contributed by atoms with van der Waals surface area (Å²) >= 11 is 0. The highest BCUT2D eigenvalue weighted by Crippen LogP contribution is 2.19. The van der Waals surface area contributed by atoms with E-state index in [0.29, 0.717) is 37.9 Å². The number of carboxylic acid groups (broad SMARTS) is 1. The van der Waals surface area contributed by atoms with E-state index >= 15 is 0 Å². The summed E-state index contributed by atoms with van der Waals surface area (Å²) < 4.78 is 5.32. The predicted molar refractivity (Wildman–Crippen MR) is 77.7 cm³/mol. The lowest BCUT2D eigenvalue weighted by Gasteiger charge is -2.12. The summed E-state index contributed by atoms with van der Waals surface area (Å²) in [7, 11) is 0. The van der Waals surface area contributed by atoms with Gasteiger partial charge in [-0.2, -0.15) is 0 Å². The fraction of sp³-hybridized carbons (Fsp3) is 0.467. The molecule has 1 aliphatic rings. The molecule has 0 saturated carbocycles. The third-order valence-electron chi connectivity index (χ3n) is 3.50. The van der Waals surface area contributed by atoms with E-state index in [2.05, 4.69) is 5.32 Å². The van der Waals surface area contributed by atoms with Gasteiger partial charge in [-0.3, -0.25) is 4.79 Å². The highest BCUT2D eigenvalue weighted by atomic mass is 16.5. The van der Waals surface area contributed by atoms with E-state index in [-0.39, 0.29) is 12.0 Å². The van der Waals surface area contributed by atoms with Gasteiger partial charge in [0, 0.05) is 18.7 Å². The number of carboxylic acids is 1. The molecule has 21 heavy (non-hydrogen) atoms. The van der Waals surface area contributed by atoms with E-state index in [1.54, 1.807) is 6.07 Å². The summed E-state index contributed by atoms with van der Waals surface area (Å²) in [5.74, 6) is -1.01. The molecule has 1 aromatic carbocycles. The Morgan fingerprint density at radius 2 is 2.19 bits per heavy atom. The van der Waals surface area contributed by atoms with Crippen LogP contribution in [0, 0.1) is 0 Å². The molecule has 4 N–H and O–H groups in total. The van der Waals surface area contributed by atoms with Crippen LogP contribution in [-0.2, 0) is 20.7 Å². The van der Waals surface area contributed by atoms with Crippen molar-refractivity contribution in [3.63, 3.8) is 0 Å². The molecule has 0 spiro atoms. The summed E-state index contributed by atoms with van der Waals surface area (Å²) in [6.07, 6.45) is 1.21. The minimum absolute atomic E-state index is 0.0696. The highest BCUT2D eigenvalue weighted by molar-refractivity contribution is 5.76. The fourth-order valence-corrected chi connectivity index (χ4v) is 2.36. The van der Waals surface area contributed by atoms with Crippen LogP contribution in [0.2, 0.25) is 0 Å². The number of aryl methyl sites for hydroxylation is 1. The van der Waals surface area contributed by atoms with E-state index in [1.807, 2.05) is 18.2 Å². The highest BCUT2D eigenvalue weighted by Gasteiger charge is 2.30. The first-order valence-electron chi connectivity index (χ1n) is 7.04. The van der Waals surface area contributed by atoms with Crippen LogP contribution in [-0.4, -0.2) is 35.7 Å². The minimum atomic E-state index is -0.939. The molecule has 114 valence electrons. The van der Waals surface area contributed by atoms with Gasteiger partial charge in [-0.1, -0.05) is 12.1 Å². The first kappa shape index (κ1) is 15.3. The molecule has 6 heteroatoms. The number of carbonyl (C=O) groups is 2. The van der Waals surface area contributed by atoms with Gasteiger partial charge in [0.1, 0.15) is 0 Å². The maximum Gasteiger partial charge on any atom is 0.332 e. The number of benzene rings is 1. The molecule has 1 aromatic rings. The lowest BCUT2D eigenvalue weighted by atomic mass is 10.1. The second kappa shape index (κ2) is 7.08. The number of nitrogens with two attached hydrogens (primary N) is 1. The molecule has 0 bridgehead atoms. The van der Waals surface area contributed by atoms with Crippen LogP contribution in [0.15, 0.2) is 24.3 Å². The quantitative estimate of drug-likeness (QED) is 0.678. The van der Waals surface area contributed by atoms with Gasteiger partial charge in [-0.05, 0) is 37.0 Å². The van der Waals surface area contributed by atoms with Crippen LogP contribution >= 0.6 is 0 Å². The Morgan fingerprint density at radius 1 is 1.38 bits per heavy atom. The average molecular weight is 292 g/mol. The van der Waals surface area contributed by atoms with E-state index in [4.69, 9.17) is 15.6 Å². The molecule has 1 fully saturated rings. The summed E-state index contributed by atoms with van der Waals surface area (Å²) in [5.41, 5.74) is 7.39. The molecule has 2 atom stereocenters. The van der Waals surface area contributed by atoms with Gasteiger partial charge in [0.25, 0.3) is 0 Å². The largest absolute Gasteiger partial charge is 0.479 e. The number of hydrogen-bond donors (Lipinski definition) is 3. The van der Waals surface area contributed by atoms with E-state index in [9.17, 15) is 9.59 Å². The molecule has 1 heterocycles. The van der Waals surface area contributed by atoms with Gasteiger partial charge in [0.15, 0.2) is 6.10 Å². The van der Waals surface area contributed by atoms with Gasteiger partial charge in [-0.25, -0.2) is 4.79 Å². The predicted octanol–water partition coefficient (Wildman–Crippen LogP) is 0.950. The fourth-order valence-electron chi connectivity index (χ4n) is 2.36. The minimum Gasteiger partial charge on any atom is -0.479 e. The van der Waals surface area contributed by atoms with Crippen LogP contribution in [0.4, 0.5) is 5.69 Å². The lowest BCUT2D eigenvalue weighted by Crippen LogP contribution is -2.33. The van der Waals surface area contributed by atoms with E-state index < -0.39 is 12.1 Å². The number of rotatable bonds is 6. The van der Waals surface area contributed by atoms with Gasteiger partial charge < -0.3 is 20.9 Å². The molecule has 2 unspecified atom stereocenters. The first-order chi connectivity index (χ1) is 10.0. The lowest BCUT2D eigenvalue weighted by molar-refractivity contribution is -0.149. The molecule has 6 nitrogen and oxygen atoms in total. The van der Waals surface area contributed by atoms with Crippen molar-refractivity contribution in [1.82, 2.24) is 5.32 Å². The first-order valence-corrected chi connectivity index (χ1v) is 7.04. The Balaban J connectivity index is 1.67. The Bertz CT molecular complexity index is 518. The van der Waals surface area contributed by atoms with Crippen molar-refractivity contribution >= 4 is 17.6 Å². The number of nitrogens with one attached hydrogen (secondary N) is 1. The van der Waals surface area contributed by atoms with Gasteiger partial charge in [-0.15, -0.1) is 0 Å². The SMILES string of the molecule is Nc1cccc(CCC(=O)NCC2CCC(C(=O)O)O2)c1. The summed E-state index contributed by atoms with van der Waals surface area (Å²) in [6.45, 7) is 0.361. The number of ether oxygens (including phenoxy) is 1. The Hall–Kier alpha value is -2.08. The Morgan fingerprint density at radius 3 is 2.86 bits per heavy atom. The zero-order chi connectivity index (χ0) is 15.2. The Labute approximate surface area is 123 Å². The number of aliphatic carboxylic acids is 1. The zero-order valence-corrected chi connectivity index (χ0v) is 11.7. The van der Waals surface area contributed by atoms with E-state index in [1.165, 1.54) is 0 Å². The van der Waals surface area contributed by atoms with Crippen molar-refractivity contribution < 1.29 is 19.4 Å². The number of anilines is 1. The topological polar surface area (TPSA) is 102 Å². The molecule has 0 radical (unpaired) electrons. The van der Waals surface area contributed by atoms with E-state index in [0.717, 1.165) is 5.56 Å². The van der Waals surface area contributed by atoms with Crippen molar-refractivity contribution in [3.05, 3.63) is 29.8 Å². The molecule has 1 saturated heterocycles. The third-order valence-corrected chi connectivity index (χ3v) is 3.50. The normalized spacial score (nSPS) is 21.1.